The molecule has 0 unspecified atom stereocenters. The molecule has 0 spiro atoms. The Morgan fingerprint density at radius 3 is 2.85 bits per heavy atom. The van der Waals surface area contributed by atoms with E-state index in [2.05, 4.69) is 9.88 Å². The fraction of sp³-hybridized carbons (Fsp3) is 0.250. The molecule has 0 aliphatic carbocycles. The molecule has 0 fully saturated rings. The largest absolute Gasteiger partial charge is 0.372 e. The van der Waals surface area contributed by atoms with Gasteiger partial charge in [0, 0.05) is 38.2 Å². The zero-order valence-electron chi connectivity index (χ0n) is 11.7. The Labute approximate surface area is 118 Å². The zero-order valence-corrected chi connectivity index (χ0v) is 11.7. The van der Waals surface area contributed by atoms with Crippen LogP contribution in [0.1, 0.15) is 15.9 Å². The van der Waals surface area contributed by atoms with Gasteiger partial charge in [0.2, 0.25) is 0 Å². The number of rotatable bonds is 1. The van der Waals surface area contributed by atoms with Crippen molar-refractivity contribution < 1.29 is 4.79 Å². The molecule has 1 aliphatic heterocycles. The first-order valence-electron chi connectivity index (χ1n) is 6.70. The minimum Gasteiger partial charge on any atom is -0.372 e. The third kappa shape index (κ3) is 2.13. The van der Waals surface area contributed by atoms with Gasteiger partial charge >= 0.3 is 0 Å². The molecule has 0 radical (unpaired) electrons. The van der Waals surface area contributed by atoms with Crippen molar-refractivity contribution in [2.75, 3.05) is 29.9 Å². The highest BCUT2D eigenvalue weighted by molar-refractivity contribution is 6.10. The van der Waals surface area contributed by atoms with E-state index in [0.717, 1.165) is 23.5 Å². The molecule has 102 valence electrons. The lowest BCUT2D eigenvalue weighted by atomic mass is 10.1. The number of nitrogens with zero attached hydrogens (tertiary/aromatic N) is 3. The van der Waals surface area contributed by atoms with Gasteiger partial charge in [-0.15, -0.1) is 0 Å². The average molecular weight is 267 g/mol. The van der Waals surface area contributed by atoms with Crippen molar-refractivity contribution >= 4 is 17.3 Å². The molecule has 1 aromatic carbocycles. The number of likely N-dealkylation sites (N-methyl/N-ethyl adjacent to an activating group) is 1. The summed E-state index contributed by atoms with van der Waals surface area (Å²) in [6.07, 6.45) is 3.38. The van der Waals surface area contributed by atoms with Gasteiger partial charge in [-0.3, -0.25) is 9.78 Å². The van der Waals surface area contributed by atoms with Crippen molar-refractivity contribution in [3.05, 3.63) is 53.9 Å². The first kappa shape index (κ1) is 12.7. The monoisotopic (exact) mass is 267 g/mol. The molecule has 3 rings (SSSR count). The Hall–Kier alpha value is -2.36. The molecule has 20 heavy (non-hydrogen) atoms. The summed E-state index contributed by atoms with van der Waals surface area (Å²) in [5.74, 6) is 0.0167. The van der Waals surface area contributed by atoms with E-state index in [1.165, 1.54) is 0 Å². The maximum atomic E-state index is 12.8. The van der Waals surface area contributed by atoms with E-state index in [9.17, 15) is 4.79 Å². The number of carbonyl (C=O) groups is 1. The molecule has 0 atom stereocenters. The molecule has 1 amide bonds. The highest BCUT2D eigenvalue weighted by atomic mass is 16.2. The van der Waals surface area contributed by atoms with Crippen LogP contribution in [-0.2, 0) is 0 Å². The third-order valence-corrected chi connectivity index (χ3v) is 3.66. The molecule has 2 aromatic rings. The van der Waals surface area contributed by atoms with Crippen molar-refractivity contribution in [1.29, 1.82) is 0 Å². The topological polar surface area (TPSA) is 36.4 Å². The highest BCUT2D eigenvalue weighted by Gasteiger charge is 2.25. The van der Waals surface area contributed by atoms with Crippen molar-refractivity contribution in [3.8, 4) is 0 Å². The van der Waals surface area contributed by atoms with Gasteiger partial charge in [0.15, 0.2) is 0 Å². The highest BCUT2D eigenvalue weighted by Crippen LogP contribution is 2.26. The maximum Gasteiger partial charge on any atom is 0.262 e. The van der Waals surface area contributed by atoms with Crippen LogP contribution in [0.25, 0.3) is 0 Å². The second kappa shape index (κ2) is 4.96. The van der Waals surface area contributed by atoms with Crippen LogP contribution in [0.15, 0.2) is 42.7 Å². The fourth-order valence-electron chi connectivity index (χ4n) is 2.54. The Morgan fingerprint density at radius 2 is 2.05 bits per heavy atom. The van der Waals surface area contributed by atoms with Crippen LogP contribution < -0.4 is 9.80 Å². The Bertz CT molecular complexity index is 654. The van der Waals surface area contributed by atoms with E-state index in [0.29, 0.717) is 12.1 Å². The molecule has 1 aromatic heterocycles. The number of benzene rings is 1. The number of anilines is 2. The van der Waals surface area contributed by atoms with Gasteiger partial charge in [0.25, 0.3) is 5.91 Å². The van der Waals surface area contributed by atoms with Gasteiger partial charge in [-0.25, -0.2) is 0 Å². The maximum absolute atomic E-state index is 12.8. The van der Waals surface area contributed by atoms with E-state index in [1.54, 1.807) is 12.4 Å². The lowest BCUT2D eigenvalue weighted by molar-refractivity contribution is 0.0990. The number of fused-ring (bicyclic) bond motifs is 1. The van der Waals surface area contributed by atoms with Crippen LogP contribution in [0.4, 0.5) is 11.4 Å². The van der Waals surface area contributed by atoms with E-state index < -0.39 is 0 Å². The number of hydrogen-bond donors (Lipinski definition) is 0. The molecule has 2 heterocycles. The number of aromatic nitrogens is 1. The summed E-state index contributed by atoms with van der Waals surface area (Å²) in [6.45, 7) is 3.51. The quantitative estimate of drug-likeness (QED) is 0.796. The Morgan fingerprint density at radius 1 is 1.20 bits per heavy atom. The third-order valence-electron chi connectivity index (χ3n) is 3.66. The molecule has 0 N–H and O–H groups in total. The predicted octanol–water partition coefficient (Wildman–Crippen LogP) is 2.49. The van der Waals surface area contributed by atoms with Gasteiger partial charge in [0.1, 0.15) is 0 Å². The molecule has 1 aliphatic rings. The SMILES string of the molecule is Cc1cccc(N2CCN(C)c3ccncc3C2=O)c1. The fourth-order valence-corrected chi connectivity index (χ4v) is 2.54. The summed E-state index contributed by atoms with van der Waals surface area (Å²) in [5, 5.41) is 0. The van der Waals surface area contributed by atoms with Gasteiger partial charge in [-0.1, -0.05) is 12.1 Å². The molecule has 0 saturated heterocycles. The number of hydrogen-bond acceptors (Lipinski definition) is 3. The van der Waals surface area contributed by atoms with Gasteiger partial charge < -0.3 is 9.80 Å². The molecule has 4 heteroatoms. The summed E-state index contributed by atoms with van der Waals surface area (Å²) in [6, 6.07) is 9.93. The number of carbonyl (C=O) groups excluding carboxylic acids is 1. The summed E-state index contributed by atoms with van der Waals surface area (Å²) < 4.78 is 0. The van der Waals surface area contributed by atoms with E-state index in [-0.39, 0.29) is 5.91 Å². The molecule has 4 nitrogen and oxygen atoms in total. The second-order valence-corrected chi connectivity index (χ2v) is 5.11. The van der Waals surface area contributed by atoms with E-state index in [4.69, 9.17) is 0 Å². The molecule has 0 saturated carbocycles. The van der Waals surface area contributed by atoms with Crippen molar-refractivity contribution in [1.82, 2.24) is 4.98 Å². The summed E-state index contributed by atoms with van der Waals surface area (Å²) in [5.41, 5.74) is 3.70. The minimum absolute atomic E-state index is 0.0167. The molecular weight excluding hydrogens is 250 g/mol. The van der Waals surface area contributed by atoms with E-state index >= 15 is 0 Å². The van der Waals surface area contributed by atoms with Crippen LogP contribution in [0.5, 0.6) is 0 Å². The summed E-state index contributed by atoms with van der Waals surface area (Å²) in [4.78, 5) is 20.8. The van der Waals surface area contributed by atoms with Crippen LogP contribution in [0, 0.1) is 6.92 Å². The first-order chi connectivity index (χ1) is 9.66. The predicted molar refractivity (Wildman–Crippen MR) is 80.4 cm³/mol. The van der Waals surface area contributed by atoms with Gasteiger partial charge in [-0.05, 0) is 30.7 Å². The summed E-state index contributed by atoms with van der Waals surface area (Å²) >= 11 is 0. The Balaban J connectivity index is 2.06. The number of amides is 1. The average Bonchev–Trinajstić information content (AvgIpc) is 2.58. The van der Waals surface area contributed by atoms with Crippen molar-refractivity contribution in [3.63, 3.8) is 0 Å². The smallest absolute Gasteiger partial charge is 0.262 e. The Kier molecular flexibility index (Phi) is 3.14. The lowest BCUT2D eigenvalue weighted by Crippen LogP contribution is -2.33. The first-order valence-corrected chi connectivity index (χ1v) is 6.70. The van der Waals surface area contributed by atoms with Gasteiger partial charge in [-0.2, -0.15) is 0 Å². The van der Waals surface area contributed by atoms with Crippen molar-refractivity contribution in [2.45, 2.75) is 6.92 Å². The molecular formula is C16H17N3O. The van der Waals surface area contributed by atoms with Crippen molar-refractivity contribution in [2.24, 2.45) is 0 Å². The minimum atomic E-state index is 0.0167. The lowest BCUT2D eigenvalue weighted by Gasteiger charge is -2.21. The van der Waals surface area contributed by atoms with Crippen LogP contribution in [0.2, 0.25) is 0 Å². The number of pyridine rings is 1. The summed E-state index contributed by atoms with van der Waals surface area (Å²) in [7, 11) is 2.01. The van der Waals surface area contributed by atoms with Crippen LogP contribution in [-0.4, -0.2) is 31.0 Å². The van der Waals surface area contributed by atoms with Crippen LogP contribution >= 0.6 is 0 Å². The second-order valence-electron chi connectivity index (χ2n) is 5.11. The molecule has 0 bridgehead atoms. The number of aryl methyl sites for hydroxylation is 1. The van der Waals surface area contributed by atoms with Gasteiger partial charge in [0.05, 0.1) is 11.3 Å². The zero-order chi connectivity index (χ0) is 14.1. The normalized spacial score (nSPS) is 15.0. The standard InChI is InChI=1S/C16H17N3O/c1-12-4-3-5-13(10-12)19-9-8-18(2)15-6-7-17-11-14(15)16(19)20/h3-7,10-11H,8-9H2,1-2H3. The van der Waals surface area contributed by atoms with E-state index in [1.807, 2.05) is 49.2 Å². The van der Waals surface area contributed by atoms with Crippen LogP contribution in [0.3, 0.4) is 0 Å².